The number of nitrogens with zero attached hydrogens (tertiary/aromatic N) is 5. The number of aryl methyl sites for hydroxylation is 1. The minimum atomic E-state index is 0.662. The minimum Gasteiger partial charge on any atom is -0.327 e. The molecule has 114 valence electrons. The summed E-state index contributed by atoms with van der Waals surface area (Å²) in [4.78, 5) is 13.2. The van der Waals surface area contributed by atoms with Crippen molar-refractivity contribution in [3.63, 3.8) is 0 Å². The second kappa shape index (κ2) is 5.53. The van der Waals surface area contributed by atoms with E-state index in [1.54, 1.807) is 12.4 Å². The van der Waals surface area contributed by atoms with Gasteiger partial charge in [-0.2, -0.15) is 5.10 Å². The number of hydrogen-bond donors (Lipinski definition) is 2. The molecule has 0 atom stereocenters. The molecule has 0 aliphatic rings. The molecular formula is C16H15N7. The van der Waals surface area contributed by atoms with Gasteiger partial charge in [-0.3, -0.25) is 10.1 Å². The van der Waals surface area contributed by atoms with Gasteiger partial charge in [0.1, 0.15) is 5.52 Å². The lowest BCUT2D eigenvalue weighted by Crippen LogP contribution is -2.02. The van der Waals surface area contributed by atoms with Crippen LogP contribution in [0, 0.1) is 6.92 Å². The SMILES string of the molecule is Cc1cc(Nc2cnc3ccn(Cc4cccnc4)c3n2)n[nH]1. The molecule has 4 rings (SSSR count). The van der Waals surface area contributed by atoms with Crippen LogP contribution in [0.5, 0.6) is 0 Å². The Hall–Kier alpha value is -3.22. The molecule has 0 saturated carbocycles. The minimum absolute atomic E-state index is 0.662. The Bertz CT molecular complexity index is 939. The van der Waals surface area contributed by atoms with E-state index >= 15 is 0 Å². The average Bonchev–Trinajstić information content (AvgIpc) is 3.15. The van der Waals surface area contributed by atoms with Gasteiger partial charge in [0.25, 0.3) is 0 Å². The van der Waals surface area contributed by atoms with E-state index in [0.717, 1.165) is 28.2 Å². The van der Waals surface area contributed by atoms with Crippen molar-refractivity contribution < 1.29 is 0 Å². The van der Waals surface area contributed by atoms with Crippen molar-refractivity contribution in [2.24, 2.45) is 0 Å². The number of aromatic nitrogens is 6. The Morgan fingerprint density at radius 3 is 2.96 bits per heavy atom. The molecule has 7 nitrogen and oxygen atoms in total. The van der Waals surface area contributed by atoms with E-state index in [-0.39, 0.29) is 0 Å². The summed E-state index contributed by atoms with van der Waals surface area (Å²) in [5.41, 5.74) is 3.79. The van der Waals surface area contributed by atoms with Gasteiger partial charge in [-0.05, 0) is 24.6 Å². The molecule has 0 fully saturated rings. The first-order chi connectivity index (χ1) is 11.3. The summed E-state index contributed by atoms with van der Waals surface area (Å²) >= 11 is 0. The van der Waals surface area contributed by atoms with Crippen LogP contribution >= 0.6 is 0 Å². The van der Waals surface area contributed by atoms with E-state index < -0.39 is 0 Å². The van der Waals surface area contributed by atoms with E-state index in [1.165, 1.54) is 0 Å². The zero-order valence-electron chi connectivity index (χ0n) is 12.6. The monoisotopic (exact) mass is 305 g/mol. The highest BCUT2D eigenvalue weighted by atomic mass is 15.2. The molecule has 0 unspecified atom stereocenters. The molecule has 0 aliphatic carbocycles. The third-order valence-corrected chi connectivity index (χ3v) is 3.50. The van der Waals surface area contributed by atoms with Gasteiger partial charge in [0, 0.05) is 30.4 Å². The fraction of sp³-hybridized carbons (Fsp3) is 0.125. The number of fused-ring (bicyclic) bond motifs is 1. The number of anilines is 2. The fourth-order valence-corrected chi connectivity index (χ4v) is 2.44. The molecule has 4 aromatic rings. The van der Waals surface area contributed by atoms with Crippen LogP contribution in [0.2, 0.25) is 0 Å². The molecule has 0 aromatic carbocycles. The number of nitrogens with one attached hydrogen (secondary N) is 2. The van der Waals surface area contributed by atoms with Gasteiger partial charge in [-0.1, -0.05) is 6.07 Å². The van der Waals surface area contributed by atoms with E-state index in [9.17, 15) is 0 Å². The maximum atomic E-state index is 4.65. The molecule has 0 radical (unpaired) electrons. The highest BCUT2D eigenvalue weighted by molar-refractivity contribution is 5.73. The van der Waals surface area contributed by atoms with Crippen LogP contribution in [0.25, 0.3) is 11.2 Å². The zero-order valence-corrected chi connectivity index (χ0v) is 12.6. The summed E-state index contributed by atoms with van der Waals surface area (Å²) in [6.07, 6.45) is 7.32. The van der Waals surface area contributed by atoms with Crippen LogP contribution in [-0.4, -0.2) is 29.7 Å². The standard InChI is InChI=1S/C16H15N7/c1-11-7-14(22-21-11)19-15-9-18-13-4-6-23(16(13)20-15)10-12-3-2-5-17-8-12/h2-9H,10H2,1H3,(H2,19,20,21,22). The molecule has 2 N–H and O–H groups in total. The normalized spacial score (nSPS) is 11.0. The largest absolute Gasteiger partial charge is 0.327 e. The second-order valence-electron chi connectivity index (χ2n) is 5.33. The van der Waals surface area contributed by atoms with Crippen molar-refractivity contribution in [1.29, 1.82) is 0 Å². The van der Waals surface area contributed by atoms with Gasteiger partial charge in [-0.25, -0.2) is 9.97 Å². The molecule has 4 heterocycles. The molecule has 0 saturated heterocycles. The van der Waals surface area contributed by atoms with Crippen LogP contribution in [0.4, 0.5) is 11.6 Å². The fourth-order valence-electron chi connectivity index (χ4n) is 2.44. The van der Waals surface area contributed by atoms with E-state index in [4.69, 9.17) is 0 Å². The van der Waals surface area contributed by atoms with Gasteiger partial charge in [-0.15, -0.1) is 0 Å². The van der Waals surface area contributed by atoms with Crippen LogP contribution < -0.4 is 5.32 Å². The lowest BCUT2D eigenvalue weighted by atomic mass is 10.3. The van der Waals surface area contributed by atoms with Gasteiger partial charge in [0.2, 0.25) is 0 Å². The van der Waals surface area contributed by atoms with Crippen LogP contribution in [0.1, 0.15) is 11.3 Å². The van der Waals surface area contributed by atoms with E-state index in [1.807, 2.05) is 43.6 Å². The Morgan fingerprint density at radius 1 is 1.22 bits per heavy atom. The maximum absolute atomic E-state index is 4.65. The van der Waals surface area contributed by atoms with Crippen molar-refractivity contribution >= 4 is 22.8 Å². The smallest absolute Gasteiger partial charge is 0.161 e. The van der Waals surface area contributed by atoms with Gasteiger partial charge in [0.05, 0.1) is 12.7 Å². The Balaban J connectivity index is 1.65. The molecule has 23 heavy (non-hydrogen) atoms. The third-order valence-electron chi connectivity index (χ3n) is 3.50. The highest BCUT2D eigenvalue weighted by Gasteiger charge is 2.07. The molecular weight excluding hydrogens is 290 g/mol. The van der Waals surface area contributed by atoms with Crippen molar-refractivity contribution in [1.82, 2.24) is 29.7 Å². The average molecular weight is 305 g/mol. The maximum Gasteiger partial charge on any atom is 0.161 e. The Kier molecular flexibility index (Phi) is 3.23. The van der Waals surface area contributed by atoms with Crippen molar-refractivity contribution in [2.75, 3.05) is 5.32 Å². The predicted molar refractivity (Wildman–Crippen MR) is 87.5 cm³/mol. The molecule has 4 aromatic heterocycles. The Morgan fingerprint density at radius 2 is 2.17 bits per heavy atom. The molecule has 0 aliphatic heterocycles. The Labute approximate surface area is 132 Å². The molecule has 7 heteroatoms. The summed E-state index contributed by atoms with van der Waals surface area (Å²) in [5.74, 6) is 1.39. The zero-order chi connectivity index (χ0) is 15.6. The van der Waals surface area contributed by atoms with Gasteiger partial charge >= 0.3 is 0 Å². The summed E-state index contributed by atoms with van der Waals surface area (Å²) in [5, 5.41) is 10.2. The van der Waals surface area contributed by atoms with Crippen molar-refractivity contribution in [3.8, 4) is 0 Å². The predicted octanol–water partition coefficient (Wildman–Crippen LogP) is 2.65. The summed E-state index contributed by atoms with van der Waals surface area (Å²) in [6, 6.07) is 7.85. The number of pyridine rings is 1. The quantitative estimate of drug-likeness (QED) is 0.605. The van der Waals surface area contributed by atoms with E-state index in [0.29, 0.717) is 12.4 Å². The van der Waals surface area contributed by atoms with Crippen molar-refractivity contribution in [2.45, 2.75) is 13.5 Å². The lowest BCUT2D eigenvalue weighted by Gasteiger charge is -2.06. The first-order valence-electron chi connectivity index (χ1n) is 7.28. The summed E-state index contributed by atoms with van der Waals surface area (Å²) in [6.45, 7) is 2.66. The topological polar surface area (TPSA) is 84.3 Å². The second-order valence-corrected chi connectivity index (χ2v) is 5.33. The number of hydrogen-bond acceptors (Lipinski definition) is 5. The van der Waals surface area contributed by atoms with Gasteiger partial charge < -0.3 is 9.88 Å². The van der Waals surface area contributed by atoms with Gasteiger partial charge in [0.15, 0.2) is 17.3 Å². The first kappa shape index (κ1) is 13.4. The highest BCUT2D eigenvalue weighted by Crippen LogP contribution is 2.18. The van der Waals surface area contributed by atoms with Crippen LogP contribution in [0.15, 0.2) is 49.1 Å². The summed E-state index contributed by atoms with van der Waals surface area (Å²) < 4.78 is 2.06. The molecule has 0 bridgehead atoms. The number of aromatic amines is 1. The van der Waals surface area contributed by atoms with Crippen LogP contribution in [-0.2, 0) is 6.54 Å². The number of rotatable bonds is 4. The van der Waals surface area contributed by atoms with Crippen molar-refractivity contribution in [3.05, 3.63) is 60.3 Å². The number of H-pyrrole nitrogens is 1. The van der Waals surface area contributed by atoms with Crippen LogP contribution in [0.3, 0.4) is 0 Å². The van der Waals surface area contributed by atoms with E-state index in [2.05, 4.69) is 35.0 Å². The molecule has 0 amide bonds. The summed E-state index contributed by atoms with van der Waals surface area (Å²) in [7, 11) is 0. The first-order valence-corrected chi connectivity index (χ1v) is 7.28. The third kappa shape index (κ3) is 2.76. The lowest BCUT2D eigenvalue weighted by molar-refractivity contribution is 0.820. The molecule has 0 spiro atoms.